The Labute approximate surface area is 128 Å². The molecule has 22 heavy (non-hydrogen) atoms. The van der Waals surface area contributed by atoms with E-state index < -0.39 is 5.97 Å². The maximum absolute atomic E-state index is 12.1. The van der Waals surface area contributed by atoms with Crippen LogP contribution in [-0.2, 0) is 9.59 Å². The third kappa shape index (κ3) is 4.00. The lowest BCUT2D eigenvalue weighted by molar-refractivity contribution is -0.143. The number of amides is 1. The second-order valence-electron chi connectivity index (χ2n) is 5.19. The lowest BCUT2D eigenvalue weighted by atomic mass is 10.1. The molecule has 1 aromatic carbocycles. The molecule has 118 valence electrons. The summed E-state index contributed by atoms with van der Waals surface area (Å²) < 4.78 is 10.9. The minimum Gasteiger partial charge on any atom is -0.486 e. The number of rotatable bonds is 5. The van der Waals surface area contributed by atoms with Crippen LogP contribution in [0.25, 0.3) is 6.08 Å². The topological polar surface area (TPSA) is 76.1 Å². The van der Waals surface area contributed by atoms with Crippen LogP contribution in [0.15, 0.2) is 24.3 Å². The molecule has 2 rings (SSSR count). The summed E-state index contributed by atoms with van der Waals surface area (Å²) in [6.07, 6.45) is 3.01. The molecule has 0 aliphatic carbocycles. The van der Waals surface area contributed by atoms with Crippen molar-refractivity contribution in [1.82, 2.24) is 4.90 Å². The predicted octanol–water partition coefficient (Wildman–Crippen LogP) is 1.79. The summed E-state index contributed by atoms with van der Waals surface area (Å²) in [5.41, 5.74) is 0.789. The maximum atomic E-state index is 12.1. The van der Waals surface area contributed by atoms with Gasteiger partial charge in [0.25, 0.3) is 0 Å². The summed E-state index contributed by atoms with van der Waals surface area (Å²) in [6, 6.07) is 5.20. The van der Waals surface area contributed by atoms with Crippen LogP contribution in [0.5, 0.6) is 11.5 Å². The van der Waals surface area contributed by atoms with E-state index >= 15 is 0 Å². The van der Waals surface area contributed by atoms with Crippen LogP contribution in [0, 0.1) is 0 Å². The highest BCUT2D eigenvalue weighted by atomic mass is 16.6. The van der Waals surface area contributed by atoms with Gasteiger partial charge in [-0.05, 0) is 37.6 Å². The van der Waals surface area contributed by atoms with Gasteiger partial charge in [0.1, 0.15) is 19.8 Å². The first kappa shape index (κ1) is 15.9. The summed E-state index contributed by atoms with van der Waals surface area (Å²) in [4.78, 5) is 24.2. The van der Waals surface area contributed by atoms with Crippen molar-refractivity contribution in [2.75, 3.05) is 19.8 Å². The first-order valence-electron chi connectivity index (χ1n) is 7.07. The Morgan fingerprint density at radius 1 is 1.27 bits per heavy atom. The third-order valence-electron chi connectivity index (χ3n) is 3.20. The average Bonchev–Trinajstić information content (AvgIpc) is 2.49. The Morgan fingerprint density at radius 3 is 2.59 bits per heavy atom. The Bertz CT molecular complexity index is 594. The molecule has 6 heteroatoms. The van der Waals surface area contributed by atoms with Crippen LogP contribution in [0.3, 0.4) is 0 Å². The molecule has 0 atom stereocenters. The number of benzene rings is 1. The van der Waals surface area contributed by atoms with Crippen molar-refractivity contribution in [1.29, 1.82) is 0 Å². The molecule has 0 saturated heterocycles. The van der Waals surface area contributed by atoms with E-state index in [0.717, 1.165) is 5.56 Å². The van der Waals surface area contributed by atoms with Crippen molar-refractivity contribution in [2.45, 2.75) is 19.9 Å². The highest BCUT2D eigenvalue weighted by molar-refractivity contribution is 5.93. The molecule has 0 saturated carbocycles. The molecule has 0 unspecified atom stereocenters. The molecule has 0 spiro atoms. The lowest BCUT2D eigenvalue weighted by Gasteiger charge is -2.23. The van der Waals surface area contributed by atoms with Crippen molar-refractivity contribution in [3.8, 4) is 11.5 Å². The van der Waals surface area contributed by atoms with Crippen LogP contribution in [0.4, 0.5) is 0 Å². The van der Waals surface area contributed by atoms with Gasteiger partial charge in [0.05, 0.1) is 0 Å². The summed E-state index contributed by atoms with van der Waals surface area (Å²) in [7, 11) is 0. The van der Waals surface area contributed by atoms with Crippen LogP contribution >= 0.6 is 0 Å². The molecule has 1 amide bonds. The van der Waals surface area contributed by atoms with Crippen LogP contribution in [0.1, 0.15) is 19.4 Å². The van der Waals surface area contributed by atoms with Gasteiger partial charge in [-0.1, -0.05) is 6.07 Å². The average molecular weight is 305 g/mol. The molecule has 1 heterocycles. The second-order valence-corrected chi connectivity index (χ2v) is 5.19. The van der Waals surface area contributed by atoms with Gasteiger partial charge in [0.15, 0.2) is 11.5 Å². The lowest BCUT2D eigenvalue weighted by Crippen LogP contribution is -2.39. The zero-order valence-corrected chi connectivity index (χ0v) is 12.6. The number of carboxylic acid groups (broad SMARTS) is 1. The number of aliphatic carboxylic acids is 1. The first-order chi connectivity index (χ1) is 10.5. The zero-order chi connectivity index (χ0) is 16.1. The highest BCUT2D eigenvalue weighted by Gasteiger charge is 2.17. The van der Waals surface area contributed by atoms with E-state index in [-0.39, 0.29) is 18.5 Å². The summed E-state index contributed by atoms with van der Waals surface area (Å²) in [5, 5.41) is 8.85. The molecular weight excluding hydrogens is 286 g/mol. The molecule has 0 bridgehead atoms. The molecule has 1 N–H and O–H groups in total. The first-order valence-corrected chi connectivity index (χ1v) is 7.07. The third-order valence-corrected chi connectivity index (χ3v) is 3.20. The van der Waals surface area contributed by atoms with E-state index in [1.165, 1.54) is 11.0 Å². The van der Waals surface area contributed by atoms with Crippen molar-refractivity contribution in [3.05, 3.63) is 29.8 Å². The molecule has 0 radical (unpaired) electrons. The Hall–Kier alpha value is -2.50. The van der Waals surface area contributed by atoms with Gasteiger partial charge in [-0.3, -0.25) is 9.59 Å². The fraction of sp³-hybridized carbons (Fsp3) is 0.375. The quantitative estimate of drug-likeness (QED) is 0.839. The normalized spacial score (nSPS) is 13.4. The van der Waals surface area contributed by atoms with Gasteiger partial charge >= 0.3 is 5.97 Å². The number of carboxylic acids is 1. The minimum atomic E-state index is -1.03. The van der Waals surface area contributed by atoms with Gasteiger partial charge in [0, 0.05) is 12.1 Å². The molecule has 1 aliphatic heterocycles. The summed E-state index contributed by atoms with van der Waals surface area (Å²) in [6.45, 7) is 4.26. The standard InChI is InChI=1S/C16H19NO5/c1-11(2)17(10-16(19)20)15(18)6-4-12-3-5-13-14(9-12)22-8-7-21-13/h3-6,9,11H,7-8,10H2,1-2H3,(H,19,20)/b6-4+. The van der Waals surface area contributed by atoms with E-state index in [2.05, 4.69) is 0 Å². The van der Waals surface area contributed by atoms with Crippen molar-refractivity contribution in [3.63, 3.8) is 0 Å². The molecule has 0 fully saturated rings. The van der Waals surface area contributed by atoms with Crippen molar-refractivity contribution >= 4 is 18.0 Å². The SMILES string of the molecule is CC(C)N(CC(=O)O)C(=O)/C=C/c1ccc2c(c1)OCCO2. The number of nitrogens with zero attached hydrogens (tertiary/aromatic N) is 1. The van der Waals surface area contributed by atoms with Gasteiger partial charge in [-0.15, -0.1) is 0 Å². The Morgan fingerprint density at radius 2 is 1.95 bits per heavy atom. The number of fused-ring (bicyclic) bond motifs is 1. The Kier molecular flexibility index (Phi) is 5.04. The van der Waals surface area contributed by atoms with E-state index in [0.29, 0.717) is 24.7 Å². The van der Waals surface area contributed by atoms with E-state index in [1.54, 1.807) is 32.1 Å². The van der Waals surface area contributed by atoms with Gasteiger partial charge in [-0.2, -0.15) is 0 Å². The second kappa shape index (κ2) is 6.98. The molecule has 1 aliphatic rings. The smallest absolute Gasteiger partial charge is 0.323 e. The van der Waals surface area contributed by atoms with Crippen LogP contribution in [0.2, 0.25) is 0 Å². The number of carbonyl (C=O) groups excluding carboxylic acids is 1. The molecular formula is C16H19NO5. The highest BCUT2D eigenvalue weighted by Crippen LogP contribution is 2.31. The molecule has 0 aromatic heterocycles. The van der Waals surface area contributed by atoms with Crippen molar-refractivity contribution in [2.24, 2.45) is 0 Å². The van der Waals surface area contributed by atoms with Gasteiger partial charge in [0.2, 0.25) is 5.91 Å². The fourth-order valence-corrected chi connectivity index (χ4v) is 2.09. The fourth-order valence-electron chi connectivity index (χ4n) is 2.09. The monoisotopic (exact) mass is 305 g/mol. The van der Waals surface area contributed by atoms with Crippen LogP contribution < -0.4 is 9.47 Å². The Balaban J connectivity index is 2.09. The van der Waals surface area contributed by atoms with Crippen LogP contribution in [-0.4, -0.2) is 47.7 Å². The minimum absolute atomic E-state index is 0.187. The number of ether oxygens (including phenoxy) is 2. The van der Waals surface area contributed by atoms with E-state index in [4.69, 9.17) is 14.6 Å². The van der Waals surface area contributed by atoms with Gasteiger partial charge in [-0.25, -0.2) is 0 Å². The number of carbonyl (C=O) groups is 2. The number of hydrogen-bond donors (Lipinski definition) is 1. The molecule has 1 aromatic rings. The van der Waals surface area contributed by atoms with Gasteiger partial charge < -0.3 is 19.5 Å². The zero-order valence-electron chi connectivity index (χ0n) is 12.6. The maximum Gasteiger partial charge on any atom is 0.323 e. The van der Waals surface area contributed by atoms with E-state index in [1.807, 2.05) is 6.07 Å². The summed E-state index contributed by atoms with van der Waals surface area (Å²) >= 11 is 0. The molecule has 6 nitrogen and oxygen atoms in total. The summed E-state index contributed by atoms with van der Waals surface area (Å²) in [5.74, 6) is -0.0430. The van der Waals surface area contributed by atoms with Crippen molar-refractivity contribution < 1.29 is 24.2 Å². The largest absolute Gasteiger partial charge is 0.486 e. The predicted molar refractivity (Wildman–Crippen MR) is 81.0 cm³/mol. The van der Waals surface area contributed by atoms with E-state index in [9.17, 15) is 9.59 Å². The number of hydrogen-bond acceptors (Lipinski definition) is 4.